The van der Waals surface area contributed by atoms with E-state index >= 15 is 0 Å². The fraction of sp³-hybridized carbons (Fsp3) is 0.591. The summed E-state index contributed by atoms with van der Waals surface area (Å²) >= 11 is 1.58. The number of rotatable bonds is 10. The lowest BCUT2D eigenvalue weighted by Crippen LogP contribution is -2.33. The maximum Gasteiger partial charge on any atom is 0.270 e. The molecule has 1 fully saturated rings. The van der Waals surface area contributed by atoms with Crippen molar-refractivity contribution in [2.75, 3.05) is 30.8 Å². The molecule has 1 aromatic carbocycles. The first-order chi connectivity index (χ1) is 15.4. The number of aromatic nitrogens is 3. The molecule has 2 aromatic rings. The number of hydrogen-bond acceptors (Lipinski definition) is 7. The Kier molecular flexibility index (Phi) is 8.49. The summed E-state index contributed by atoms with van der Waals surface area (Å²) in [4.78, 5) is 25.9. The first-order valence-electron chi connectivity index (χ1n) is 11.2. The topological polar surface area (TPSA) is 106 Å². The van der Waals surface area contributed by atoms with Crippen LogP contribution in [-0.2, 0) is 13.0 Å². The molecule has 1 N–H and O–H groups in total. The minimum atomic E-state index is -0.457. The van der Waals surface area contributed by atoms with Crippen molar-refractivity contribution in [3.63, 3.8) is 0 Å². The highest BCUT2D eigenvalue weighted by Crippen LogP contribution is 2.28. The summed E-state index contributed by atoms with van der Waals surface area (Å²) < 4.78 is 2.15. The van der Waals surface area contributed by atoms with E-state index in [0.717, 1.165) is 49.1 Å². The predicted molar refractivity (Wildman–Crippen MR) is 126 cm³/mol. The van der Waals surface area contributed by atoms with Crippen molar-refractivity contribution < 1.29 is 9.72 Å². The van der Waals surface area contributed by atoms with Gasteiger partial charge in [0.25, 0.3) is 11.6 Å². The smallest absolute Gasteiger partial charge is 0.270 e. The Morgan fingerprint density at radius 3 is 2.66 bits per heavy atom. The summed E-state index contributed by atoms with van der Waals surface area (Å²) in [6.07, 6.45) is 6.70. The molecule has 1 aromatic heterocycles. The SMILES string of the molecule is CSc1nnc(CCCNC(=O)c2cc([N+](=O)[O-])ccc2N2CCCCC2)n1CC(C)C. The van der Waals surface area contributed by atoms with Crippen molar-refractivity contribution in [1.29, 1.82) is 0 Å². The second-order valence-corrected chi connectivity index (χ2v) is 9.25. The van der Waals surface area contributed by atoms with Crippen LogP contribution in [0, 0.1) is 16.0 Å². The van der Waals surface area contributed by atoms with Crippen molar-refractivity contribution in [2.24, 2.45) is 5.92 Å². The number of amides is 1. The zero-order valence-electron chi connectivity index (χ0n) is 19.0. The molecule has 32 heavy (non-hydrogen) atoms. The number of piperidine rings is 1. The molecule has 0 unspecified atom stereocenters. The Bertz CT molecular complexity index is 940. The Morgan fingerprint density at radius 1 is 1.25 bits per heavy atom. The van der Waals surface area contributed by atoms with Gasteiger partial charge in [-0.15, -0.1) is 10.2 Å². The molecule has 1 aliphatic heterocycles. The molecular formula is C22H32N6O3S. The molecule has 0 saturated carbocycles. The number of nitrogens with one attached hydrogen (secondary N) is 1. The summed E-state index contributed by atoms with van der Waals surface area (Å²) in [7, 11) is 0. The molecule has 9 nitrogen and oxygen atoms in total. The van der Waals surface area contributed by atoms with Crippen molar-refractivity contribution in [2.45, 2.75) is 57.7 Å². The summed E-state index contributed by atoms with van der Waals surface area (Å²) in [5.41, 5.74) is 1.07. The first-order valence-corrected chi connectivity index (χ1v) is 12.4. The van der Waals surface area contributed by atoms with E-state index in [9.17, 15) is 14.9 Å². The molecule has 10 heteroatoms. The molecule has 1 saturated heterocycles. The van der Waals surface area contributed by atoms with E-state index in [-0.39, 0.29) is 11.6 Å². The average molecular weight is 461 g/mol. The van der Waals surface area contributed by atoms with Crippen LogP contribution in [0.1, 0.15) is 55.7 Å². The Labute approximate surface area is 193 Å². The van der Waals surface area contributed by atoms with Crippen LogP contribution in [0.5, 0.6) is 0 Å². The number of non-ortho nitro benzene ring substituents is 1. The number of nitrogens with zero attached hydrogens (tertiary/aromatic N) is 5. The molecule has 0 atom stereocenters. The molecule has 1 amide bonds. The van der Waals surface area contributed by atoms with Gasteiger partial charge in [0.2, 0.25) is 0 Å². The minimum Gasteiger partial charge on any atom is -0.371 e. The summed E-state index contributed by atoms with van der Waals surface area (Å²) in [5.74, 6) is 1.13. The van der Waals surface area contributed by atoms with Crippen LogP contribution in [0.2, 0.25) is 0 Å². The van der Waals surface area contributed by atoms with E-state index in [1.165, 1.54) is 18.6 Å². The van der Waals surface area contributed by atoms with Crippen LogP contribution < -0.4 is 10.2 Å². The van der Waals surface area contributed by atoms with Gasteiger partial charge < -0.3 is 14.8 Å². The third kappa shape index (κ3) is 5.99. The van der Waals surface area contributed by atoms with E-state index in [1.54, 1.807) is 17.8 Å². The molecule has 2 heterocycles. The summed E-state index contributed by atoms with van der Waals surface area (Å²) in [5, 5.41) is 23.7. The van der Waals surface area contributed by atoms with Gasteiger partial charge in [-0.25, -0.2) is 0 Å². The third-order valence-electron chi connectivity index (χ3n) is 5.52. The summed E-state index contributed by atoms with van der Waals surface area (Å²) in [6.45, 7) is 7.37. The van der Waals surface area contributed by atoms with Gasteiger partial charge in [0.1, 0.15) is 5.82 Å². The third-order valence-corrected chi connectivity index (χ3v) is 6.19. The van der Waals surface area contributed by atoms with Crippen molar-refractivity contribution >= 4 is 29.0 Å². The average Bonchev–Trinajstić information content (AvgIpc) is 3.17. The van der Waals surface area contributed by atoms with Gasteiger partial charge >= 0.3 is 0 Å². The first kappa shape index (κ1) is 24.0. The number of benzene rings is 1. The molecule has 174 valence electrons. The van der Waals surface area contributed by atoms with Crippen molar-refractivity contribution in [1.82, 2.24) is 20.1 Å². The molecule has 3 rings (SSSR count). The van der Waals surface area contributed by atoms with Gasteiger partial charge in [-0.3, -0.25) is 14.9 Å². The maximum atomic E-state index is 13.0. The highest BCUT2D eigenvalue weighted by atomic mass is 32.2. The predicted octanol–water partition coefficient (Wildman–Crippen LogP) is 3.92. The standard InChI is InChI=1S/C22H32N6O3S/c1-16(2)15-27-20(24-25-22(27)32-3)8-7-11-23-21(29)18-14-17(28(30)31)9-10-19(18)26-12-5-4-6-13-26/h9-10,14,16H,4-8,11-13,15H2,1-3H3,(H,23,29). The number of carbonyl (C=O) groups excluding carboxylic acids is 1. The monoisotopic (exact) mass is 460 g/mol. The normalized spacial score (nSPS) is 14.1. The second kappa shape index (κ2) is 11.3. The number of nitro groups is 1. The van der Waals surface area contributed by atoms with E-state index in [4.69, 9.17) is 0 Å². The Morgan fingerprint density at radius 2 is 2.00 bits per heavy atom. The van der Waals surface area contributed by atoms with Gasteiger partial charge in [-0.1, -0.05) is 25.6 Å². The fourth-order valence-electron chi connectivity index (χ4n) is 3.98. The number of aryl methyl sites for hydroxylation is 1. The quantitative estimate of drug-likeness (QED) is 0.248. The van der Waals surface area contributed by atoms with Crippen LogP contribution in [0.3, 0.4) is 0 Å². The molecule has 0 aliphatic carbocycles. The Hall–Kier alpha value is -2.62. The van der Waals surface area contributed by atoms with Crippen LogP contribution in [0.15, 0.2) is 23.4 Å². The number of thioether (sulfide) groups is 1. The zero-order valence-corrected chi connectivity index (χ0v) is 19.9. The largest absolute Gasteiger partial charge is 0.371 e. The molecule has 0 radical (unpaired) electrons. The number of carbonyl (C=O) groups is 1. The van der Waals surface area contributed by atoms with Crippen molar-refractivity contribution in [3.05, 3.63) is 39.7 Å². The van der Waals surface area contributed by atoms with Gasteiger partial charge in [-0.05, 0) is 43.9 Å². The minimum absolute atomic E-state index is 0.0673. The number of hydrogen-bond donors (Lipinski definition) is 1. The van der Waals surface area contributed by atoms with Crippen molar-refractivity contribution in [3.8, 4) is 0 Å². The zero-order chi connectivity index (χ0) is 23.1. The lowest BCUT2D eigenvalue weighted by Gasteiger charge is -2.30. The van der Waals surface area contributed by atoms with Crippen LogP contribution >= 0.6 is 11.8 Å². The van der Waals surface area contributed by atoms with Gasteiger partial charge in [0.05, 0.1) is 16.2 Å². The van der Waals surface area contributed by atoms with E-state index in [1.807, 2.05) is 6.26 Å². The molecule has 0 bridgehead atoms. The number of nitro benzene ring substituents is 1. The lowest BCUT2D eigenvalue weighted by atomic mass is 10.1. The maximum absolute atomic E-state index is 13.0. The van der Waals surface area contributed by atoms with Crippen LogP contribution in [0.25, 0.3) is 0 Å². The molecule has 0 spiro atoms. The second-order valence-electron chi connectivity index (χ2n) is 8.47. The highest BCUT2D eigenvalue weighted by Gasteiger charge is 2.22. The fourth-order valence-corrected chi connectivity index (χ4v) is 4.50. The highest BCUT2D eigenvalue weighted by molar-refractivity contribution is 7.98. The van der Waals surface area contributed by atoms with E-state index < -0.39 is 4.92 Å². The molecule has 1 aliphatic rings. The van der Waals surface area contributed by atoms with E-state index in [2.05, 4.69) is 38.8 Å². The van der Waals surface area contributed by atoms with Crippen LogP contribution in [-0.4, -0.2) is 51.5 Å². The van der Waals surface area contributed by atoms with E-state index in [0.29, 0.717) is 30.9 Å². The lowest BCUT2D eigenvalue weighted by molar-refractivity contribution is -0.384. The van der Waals surface area contributed by atoms with Crippen LogP contribution in [0.4, 0.5) is 11.4 Å². The van der Waals surface area contributed by atoms with Gasteiger partial charge in [-0.2, -0.15) is 0 Å². The Balaban J connectivity index is 1.65. The molecular weight excluding hydrogens is 428 g/mol. The number of anilines is 1. The van der Waals surface area contributed by atoms with Gasteiger partial charge in [0.15, 0.2) is 5.16 Å². The van der Waals surface area contributed by atoms with Gasteiger partial charge in [0, 0.05) is 44.7 Å². The summed E-state index contributed by atoms with van der Waals surface area (Å²) in [6, 6.07) is 4.57.